The van der Waals surface area contributed by atoms with Crippen LogP contribution in [0.3, 0.4) is 0 Å². The summed E-state index contributed by atoms with van der Waals surface area (Å²) in [5, 5.41) is 0. The van der Waals surface area contributed by atoms with Crippen molar-refractivity contribution in [3.8, 4) is 0 Å². The first kappa shape index (κ1) is 10.7. The first-order valence-corrected chi connectivity index (χ1v) is 4.73. The van der Waals surface area contributed by atoms with Crippen molar-refractivity contribution in [1.29, 1.82) is 0 Å². The van der Waals surface area contributed by atoms with E-state index in [2.05, 4.69) is 4.98 Å². The number of primary amides is 1. The Morgan fingerprint density at radius 3 is 2.64 bits per heavy atom. The molecule has 0 aromatic carbocycles. The summed E-state index contributed by atoms with van der Waals surface area (Å²) in [5.41, 5.74) is 8.24. The smallest absolute Gasteiger partial charge is 0.218 e. The number of hydrogen-bond acceptors (Lipinski definition) is 2. The number of nitrogens with zero attached hydrogens (tertiary/aromatic N) is 1. The summed E-state index contributed by atoms with van der Waals surface area (Å²) < 4.78 is 0. The molecule has 0 saturated carbocycles. The predicted molar refractivity (Wildman–Crippen MR) is 55.9 cm³/mol. The zero-order valence-corrected chi connectivity index (χ0v) is 8.87. The number of amides is 1. The average molecular weight is 192 g/mol. The van der Waals surface area contributed by atoms with Gasteiger partial charge in [-0.2, -0.15) is 0 Å². The molecule has 1 rings (SSSR count). The standard InChI is InChI=1S/C11H16N2O/c1-7(6-11(12)14)10-5-4-8(2)13-9(10)3/h4-5,7H,6H2,1-3H3,(H2,12,14). The molecule has 0 aliphatic heterocycles. The maximum Gasteiger partial charge on any atom is 0.218 e. The van der Waals surface area contributed by atoms with Crippen molar-refractivity contribution in [2.24, 2.45) is 5.73 Å². The molecule has 14 heavy (non-hydrogen) atoms. The van der Waals surface area contributed by atoms with E-state index in [0.29, 0.717) is 6.42 Å². The number of nitrogens with two attached hydrogens (primary N) is 1. The Labute approximate surface area is 84.3 Å². The SMILES string of the molecule is Cc1ccc(C(C)CC(N)=O)c(C)n1. The molecule has 2 N–H and O–H groups in total. The molecule has 3 nitrogen and oxygen atoms in total. The van der Waals surface area contributed by atoms with Crippen molar-refractivity contribution in [3.05, 3.63) is 29.1 Å². The van der Waals surface area contributed by atoms with Crippen LogP contribution in [0, 0.1) is 13.8 Å². The van der Waals surface area contributed by atoms with Crippen molar-refractivity contribution in [1.82, 2.24) is 4.98 Å². The van der Waals surface area contributed by atoms with Gasteiger partial charge in [0.2, 0.25) is 5.91 Å². The molecule has 1 aromatic rings. The normalized spacial score (nSPS) is 12.5. The molecule has 0 spiro atoms. The average Bonchev–Trinajstić information content (AvgIpc) is 2.01. The summed E-state index contributed by atoms with van der Waals surface area (Å²) in [5.74, 6) is -0.113. The van der Waals surface area contributed by atoms with Crippen LogP contribution in [0.15, 0.2) is 12.1 Å². The van der Waals surface area contributed by atoms with Crippen LogP contribution >= 0.6 is 0 Å². The van der Waals surface area contributed by atoms with Gasteiger partial charge in [0.05, 0.1) is 0 Å². The highest BCUT2D eigenvalue weighted by Gasteiger charge is 2.11. The Hall–Kier alpha value is -1.38. The molecule has 0 radical (unpaired) electrons. The number of carbonyl (C=O) groups excluding carboxylic acids is 1. The molecule has 1 aromatic heterocycles. The molecule has 1 amide bonds. The molecule has 0 aliphatic rings. The predicted octanol–water partition coefficient (Wildman–Crippen LogP) is 1.68. The zero-order chi connectivity index (χ0) is 10.7. The highest BCUT2D eigenvalue weighted by Crippen LogP contribution is 2.21. The van der Waals surface area contributed by atoms with Gasteiger partial charge in [-0.15, -0.1) is 0 Å². The third kappa shape index (κ3) is 2.55. The summed E-state index contributed by atoms with van der Waals surface area (Å²) in [4.78, 5) is 15.1. The monoisotopic (exact) mass is 192 g/mol. The lowest BCUT2D eigenvalue weighted by Gasteiger charge is -2.12. The number of pyridine rings is 1. The fraction of sp³-hybridized carbons (Fsp3) is 0.455. The molecular formula is C11H16N2O. The Bertz CT molecular complexity index is 347. The van der Waals surface area contributed by atoms with Crippen LogP contribution < -0.4 is 5.73 Å². The van der Waals surface area contributed by atoms with Crippen LogP contribution in [0.25, 0.3) is 0 Å². The van der Waals surface area contributed by atoms with Gasteiger partial charge in [0.15, 0.2) is 0 Å². The molecule has 1 unspecified atom stereocenters. The lowest BCUT2D eigenvalue weighted by molar-refractivity contribution is -0.118. The number of hydrogen-bond donors (Lipinski definition) is 1. The largest absolute Gasteiger partial charge is 0.370 e. The molecular weight excluding hydrogens is 176 g/mol. The molecule has 1 heterocycles. The molecule has 0 saturated heterocycles. The van der Waals surface area contributed by atoms with Crippen molar-refractivity contribution < 1.29 is 4.79 Å². The lowest BCUT2D eigenvalue weighted by Crippen LogP contribution is -2.14. The van der Waals surface area contributed by atoms with Crippen LogP contribution in [0.4, 0.5) is 0 Å². The minimum atomic E-state index is -0.266. The molecule has 0 aliphatic carbocycles. The number of aryl methyl sites for hydroxylation is 2. The lowest BCUT2D eigenvalue weighted by atomic mass is 9.96. The van der Waals surface area contributed by atoms with Gasteiger partial charge in [-0.05, 0) is 31.4 Å². The van der Waals surface area contributed by atoms with Crippen LogP contribution in [0.5, 0.6) is 0 Å². The van der Waals surface area contributed by atoms with Gasteiger partial charge < -0.3 is 5.73 Å². The van der Waals surface area contributed by atoms with Gasteiger partial charge in [0.1, 0.15) is 0 Å². The van der Waals surface area contributed by atoms with Crippen molar-refractivity contribution in [2.75, 3.05) is 0 Å². The molecule has 3 heteroatoms. The highest BCUT2D eigenvalue weighted by molar-refractivity contribution is 5.74. The van der Waals surface area contributed by atoms with E-state index < -0.39 is 0 Å². The number of carbonyl (C=O) groups is 1. The quantitative estimate of drug-likeness (QED) is 0.792. The van der Waals surface area contributed by atoms with Crippen LogP contribution in [-0.4, -0.2) is 10.9 Å². The van der Waals surface area contributed by atoms with Crippen molar-refractivity contribution >= 4 is 5.91 Å². The van der Waals surface area contributed by atoms with Crippen molar-refractivity contribution in [3.63, 3.8) is 0 Å². The third-order valence-electron chi connectivity index (χ3n) is 2.30. The van der Waals surface area contributed by atoms with E-state index in [1.807, 2.05) is 32.9 Å². The first-order chi connectivity index (χ1) is 6.50. The summed E-state index contributed by atoms with van der Waals surface area (Å²) in [6.45, 7) is 5.90. The van der Waals surface area contributed by atoms with E-state index >= 15 is 0 Å². The third-order valence-corrected chi connectivity index (χ3v) is 2.30. The summed E-state index contributed by atoms with van der Waals surface area (Å²) >= 11 is 0. The topological polar surface area (TPSA) is 56.0 Å². The molecule has 76 valence electrons. The molecule has 1 atom stereocenters. The van der Waals surface area contributed by atoms with Gasteiger partial charge in [-0.3, -0.25) is 9.78 Å². The fourth-order valence-corrected chi connectivity index (χ4v) is 1.63. The van der Waals surface area contributed by atoms with Gasteiger partial charge >= 0.3 is 0 Å². The second-order valence-electron chi connectivity index (χ2n) is 3.70. The fourth-order valence-electron chi connectivity index (χ4n) is 1.63. The maximum atomic E-state index is 10.8. The zero-order valence-electron chi connectivity index (χ0n) is 8.87. The van der Waals surface area contributed by atoms with Crippen LogP contribution in [-0.2, 0) is 4.79 Å². The first-order valence-electron chi connectivity index (χ1n) is 4.73. The van der Waals surface area contributed by atoms with E-state index in [9.17, 15) is 4.79 Å². The molecule has 0 fully saturated rings. The van der Waals surface area contributed by atoms with E-state index in [1.165, 1.54) is 0 Å². The summed E-state index contributed by atoms with van der Waals surface area (Å²) in [7, 11) is 0. The van der Waals surface area contributed by atoms with E-state index in [0.717, 1.165) is 17.0 Å². The molecule has 0 bridgehead atoms. The van der Waals surface area contributed by atoms with Gasteiger partial charge in [-0.25, -0.2) is 0 Å². The number of aromatic nitrogens is 1. The Morgan fingerprint density at radius 1 is 1.50 bits per heavy atom. The minimum Gasteiger partial charge on any atom is -0.370 e. The Morgan fingerprint density at radius 2 is 2.14 bits per heavy atom. The van der Waals surface area contributed by atoms with E-state index in [4.69, 9.17) is 5.73 Å². The van der Waals surface area contributed by atoms with Gasteiger partial charge in [0, 0.05) is 17.8 Å². The number of rotatable bonds is 3. The van der Waals surface area contributed by atoms with Crippen molar-refractivity contribution in [2.45, 2.75) is 33.1 Å². The second kappa shape index (κ2) is 4.22. The van der Waals surface area contributed by atoms with Crippen LogP contribution in [0.2, 0.25) is 0 Å². The van der Waals surface area contributed by atoms with E-state index in [-0.39, 0.29) is 11.8 Å². The Balaban J connectivity index is 2.90. The maximum absolute atomic E-state index is 10.8. The van der Waals surface area contributed by atoms with Gasteiger partial charge in [0.25, 0.3) is 0 Å². The van der Waals surface area contributed by atoms with E-state index in [1.54, 1.807) is 0 Å². The van der Waals surface area contributed by atoms with Gasteiger partial charge in [-0.1, -0.05) is 13.0 Å². The Kier molecular flexibility index (Phi) is 3.23. The highest BCUT2D eigenvalue weighted by atomic mass is 16.1. The van der Waals surface area contributed by atoms with Crippen LogP contribution in [0.1, 0.15) is 36.2 Å². The second-order valence-corrected chi connectivity index (χ2v) is 3.70. The minimum absolute atomic E-state index is 0.153. The summed E-state index contributed by atoms with van der Waals surface area (Å²) in [6, 6.07) is 3.98. The summed E-state index contributed by atoms with van der Waals surface area (Å²) in [6.07, 6.45) is 0.381.